The van der Waals surface area contributed by atoms with Gasteiger partial charge in [-0.2, -0.15) is 9.40 Å². The zero-order valence-electron chi connectivity index (χ0n) is 17.4. The van der Waals surface area contributed by atoms with Crippen molar-refractivity contribution in [3.8, 4) is 0 Å². The Balaban J connectivity index is 1.55. The van der Waals surface area contributed by atoms with Gasteiger partial charge in [0.05, 0.1) is 21.7 Å². The molecule has 0 saturated carbocycles. The lowest BCUT2D eigenvalue weighted by Crippen LogP contribution is -2.37. The quantitative estimate of drug-likeness (QED) is 0.695. The van der Waals surface area contributed by atoms with Crippen molar-refractivity contribution in [1.29, 1.82) is 0 Å². The van der Waals surface area contributed by atoms with Crippen molar-refractivity contribution in [3.63, 3.8) is 0 Å². The lowest BCUT2D eigenvalue weighted by molar-refractivity contribution is 0.0964. The summed E-state index contributed by atoms with van der Waals surface area (Å²) in [7, 11) is -1.86. The summed E-state index contributed by atoms with van der Waals surface area (Å²) in [4.78, 5) is 12.6. The van der Waals surface area contributed by atoms with Crippen LogP contribution in [0.2, 0.25) is 0 Å². The first-order valence-corrected chi connectivity index (χ1v) is 11.5. The second kappa shape index (κ2) is 7.85. The number of fused-ring (bicyclic) bond motifs is 1. The minimum absolute atomic E-state index is 0.154. The van der Waals surface area contributed by atoms with Gasteiger partial charge in [0.15, 0.2) is 0 Å². The van der Waals surface area contributed by atoms with Gasteiger partial charge in [-0.3, -0.25) is 4.79 Å². The SMILES string of the molecule is CNC(=O)c1c(C)nn2ccc(C3CCN(S(=O)(=O)c4ccc(C)cc4)CC3)cc12. The van der Waals surface area contributed by atoms with E-state index in [1.807, 2.05) is 44.3 Å². The van der Waals surface area contributed by atoms with Gasteiger partial charge in [0.25, 0.3) is 5.91 Å². The molecule has 158 valence electrons. The number of hydrogen-bond acceptors (Lipinski definition) is 4. The van der Waals surface area contributed by atoms with Crippen LogP contribution in [0.25, 0.3) is 5.52 Å². The molecule has 0 atom stereocenters. The van der Waals surface area contributed by atoms with E-state index in [1.165, 1.54) is 0 Å². The van der Waals surface area contributed by atoms with E-state index in [0.717, 1.165) is 29.5 Å². The number of piperidine rings is 1. The highest BCUT2D eigenvalue weighted by molar-refractivity contribution is 7.89. The number of aryl methyl sites for hydroxylation is 2. The van der Waals surface area contributed by atoms with Crippen molar-refractivity contribution in [1.82, 2.24) is 19.2 Å². The van der Waals surface area contributed by atoms with Gasteiger partial charge < -0.3 is 5.32 Å². The fraction of sp³-hybridized carbons (Fsp3) is 0.364. The molecule has 30 heavy (non-hydrogen) atoms. The van der Waals surface area contributed by atoms with E-state index in [1.54, 1.807) is 28.0 Å². The molecule has 1 N–H and O–H groups in total. The van der Waals surface area contributed by atoms with E-state index in [9.17, 15) is 13.2 Å². The molecule has 0 radical (unpaired) electrons. The van der Waals surface area contributed by atoms with Gasteiger partial charge in [-0.25, -0.2) is 12.9 Å². The van der Waals surface area contributed by atoms with Crippen molar-refractivity contribution in [3.05, 3.63) is 65.0 Å². The van der Waals surface area contributed by atoms with Crippen LogP contribution < -0.4 is 5.32 Å². The fourth-order valence-electron chi connectivity index (χ4n) is 4.13. The Morgan fingerprint density at radius 3 is 2.40 bits per heavy atom. The molecule has 0 spiro atoms. The van der Waals surface area contributed by atoms with Crippen LogP contribution in [0, 0.1) is 13.8 Å². The number of sulfonamides is 1. The summed E-state index contributed by atoms with van der Waals surface area (Å²) in [5.74, 6) is 0.0888. The number of hydrogen-bond donors (Lipinski definition) is 1. The van der Waals surface area contributed by atoms with E-state index in [-0.39, 0.29) is 11.8 Å². The molecule has 4 rings (SSSR count). The highest BCUT2D eigenvalue weighted by Gasteiger charge is 2.30. The molecule has 1 aromatic carbocycles. The Labute approximate surface area is 176 Å². The van der Waals surface area contributed by atoms with E-state index in [2.05, 4.69) is 10.4 Å². The summed E-state index contributed by atoms with van der Waals surface area (Å²) in [5, 5.41) is 7.10. The molecule has 1 amide bonds. The van der Waals surface area contributed by atoms with Crippen molar-refractivity contribution >= 4 is 21.4 Å². The summed E-state index contributed by atoms with van der Waals surface area (Å²) >= 11 is 0. The number of amides is 1. The normalized spacial score (nSPS) is 16.1. The molecular formula is C22H26N4O3S. The Morgan fingerprint density at radius 2 is 1.77 bits per heavy atom. The number of carbonyl (C=O) groups excluding carboxylic acids is 1. The van der Waals surface area contributed by atoms with Crippen LogP contribution in [-0.4, -0.2) is 48.4 Å². The van der Waals surface area contributed by atoms with E-state index < -0.39 is 10.0 Å². The van der Waals surface area contributed by atoms with Gasteiger partial charge >= 0.3 is 0 Å². The van der Waals surface area contributed by atoms with E-state index >= 15 is 0 Å². The maximum absolute atomic E-state index is 12.9. The fourth-order valence-corrected chi connectivity index (χ4v) is 5.60. The number of nitrogens with zero attached hydrogens (tertiary/aromatic N) is 3. The minimum atomic E-state index is -3.47. The number of rotatable bonds is 4. The summed E-state index contributed by atoms with van der Waals surface area (Å²) in [6.45, 7) is 4.72. The average Bonchev–Trinajstić information content (AvgIpc) is 3.08. The van der Waals surface area contributed by atoms with Crippen LogP contribution in [0.15, 0.2) is 47.5 Å². The summed E-state index contributed by atoms with van der Waals surface area (Å²) < 4.78 is 29.2. The zero-order chi connectivity index (χ0) is 21.5. The highest BCUT2D eigenvalue weighted by atomic mass is 32.2. The Hall–Kier alpha value is -2.71. The van der Waals surface area contributed by atoms with Crippen LogP contribution in [0.4, 0.5) is 0 Å². The lowest BCUT2D eigenvalue weighted by Gasteiger charge is -2.31. The monoisotopic (exact) mass is 426 g/mol. The second-order valence-electron chi connectivity index (χ2n) is 7.82. The predicted molar refractivity (Wildman–Crippen MR) is 115 cm³/mol. The smallest absolute Gasteiger partial charge is 0.255 e. The van der Waals surface area contributed by atoms with Gasteiger partial charge in [-0.15, -0.1) is 0 Å². The Bertz CT molecular complexity index is 1190. The second-order valence-corrected chi connectivity index (χ2v) is 9.76. The van der Waals surface area contributed by atoms with Crippen LogP contribution in [0.3, 0.4) is 0 Å². The number of nitrogens with one attached hydrogen (secondary N) is 1. The summed E-state index contributed by atoms with van der Waals surface area (Å²) in [5.41, 5.74) is 4.19. The van der Waals surface area contributed by atoms with Crippen LogP contribution in [-0.2, 0) is 10.0 Å². The third kappa shape index (κ3) is 3.61. The number of aromatic nitrogens is 2. The van der Waals surface area contributed by atoms with Crippen LogP contribution in [0.1, 0.15) is 45.9 Å². The highest BCUT2D eigenvalue weighted by Crippen LogP contribution is 2.32. The first-order chi connectivity index (χ1) is 14.3. The first-order valence-electron chi connectivity index (χ1n) is 10.1. The molecule has 1 fully saturated rings. The average molecular weight is 427 g/mol. The van der Waals surface area contributed by atoms with Crippen molar-refractivity contribution in [2.24, 2.45) is 0 Å². The molecule has 0 aliphatic carbocycles. The zero-order valence-corrected chi connectivity index (χ0v) is 18.2. The number of carbonyl (C=O) groups is 1. The molecule has 1 aliphatic rings. The Kier molecular flexibility index (Phi) is 5.38. The van der Waals surface area contributed by atoms with Gasteiger partial charge in [0.2, 0.25) is 10.0 Å². The predicted octanol–water partition coefficient (Wildman–Crippen LogP) is 2.88. The standard InChI is InChI=1S/C22H26N4O3S/c1-15-4-6-19(7-5-15)30(28,29)25-11-8-17(9-12-25)18-10-13-26-20(14-18)21(16(2)24-26)22(27)23-3/h4-7,10,13-14,17H,8-9,11-12H2,1-3H3,(H,23,27). The third-order valence-corrected chi connectivity index (χ3v) is 7.79. The van der Waals surface area contributed by atoms with Gasteiger partial charge in [-0.05, 0) is 62.4 Å². The maximum atomic E-state index is 12.9. The van der Waals surface area contributed by atoms with E-state index in [4.69, 9.17) is 0 Å². The van der Waals surface area contributed by atoms with Crippen LogP contribution in [0.5, 0.6) is 0 Å². The largest absolute Gasteiger partial charge is 0.355 e. The molecule has 8 heteroatoms. The third-order valence-electron chi connectivity index (χ3n) is 5.87. The molecule has 2 aromatic heterocycles. The topological polar surface area (TPSA) is 83.8 Å². The van der Waals surface area contributed by atoms with Crippen LogP contribution >= 0.6 is 0 Å². The van der Waals surface area contributed by atoms with Crippen molar-refractivity contribution < 1.29 is 13.2 Å². The summed E-state index contributed by atoms with van der Waals surface area (Å²) in [6, 6.07) is 11.0. The lowest BCUT2D eigenvalue weighted by atomic mass is 9.90. The minimum Gasteiger partial charge on any atom is -0.355 e. The summed E-state index contributed by atoms with van der Waals surface area (Å²) in [6.07, 6.45) is 3.35. The number of benzene rings is 1. The molecular weight excluding hydrogens is 400 g/mol. The maximum Gasteiger partial charge on any atom is 0.255 e. The molecule has 1 saturated heterocycles. The molecule has 7 nitrogen and oxygen atoms in total. The van der Waals surface area contributed by atoms with Gasteiger partial charge in [0, 0.05) is 26.3 Å². The number of pyridine rings is 1. The molecule has 3 heterocycles. The molecule has 3 aromatic rings. The van der Waals surface area contributed by atoms with Crippen molar-refractivity contribution in [2.75, 3.05) is 20.1 Å². The first kappa shape index (κ1) is 20.6. The van der Waals surface area contributed by atoms with Gasteiger partial charge in [0.1, 0.15) is 0 Å². The molecule has 0 bridgehead atoms. The van der Waals surface area contributed by atoms with Crippen molar-refractivity contribution in [2.45, 2.75) is 37.5 Å². The Morgan fingerprint density at radius 1 is 1.10 bits per heavy atom. The van der Waals surface area contributed by atoms with E-state index in [0.29, 0.717) is 29.2 Å². The van der Waals surface area contributed by atoms with Gasteiger partial charge in [-0.1, -0.05) is 17.7 Å². The molecule has 0 unspecified atom stereocenters. The molecule has 1 aliphatic heterocycles.